The summed E-state index contributed by atoms with van der Waals surface area (Å²) < 4.78 is 7.38. The number of hydrogen-bond donors (Lipinski definition) is 1. The Balaban J connectivity index is 1.75. The summed E-state index contributed by atoms with van der Waals surface area (Å²) in [4.78, 5) is 4.32. The largest absolute Gasteiger partial charge is 0.372 e. The quantitative estimate of drug-likeness (QED) is 0.903. The second-order valence-electron chi connectivity index (χ2n) is 5.23. The van der Waals surface area contributed by atoms with E-state index in [1.54, 1.807) is 6.33 Å². The maximum Gasteiger partial charge on any atom is 0.138 e. The lowest BCUT2D eigenvalue weighted by atomic mass is 9.99. The molecule has 0 bridgehead atoms. The highest BCUT2D eigenvalue weighted by Gasteiger charge is 2.16. The normalized spacial score (nSPS) is 15.3. The van der Waals surface area contributed by atoms with Gasteiger partial charge in [-0.1, -0.05) is 25.1 Å². The lowest BCUT2D eigenvalue weighted by molar-refractivity contribution is 0.134. The van der Waals surface area contributed by atoms with Crippen molar-refractivity contribution in [1.82, 2.24) is 14.8 Å². The molecule has 0 saturated carbocycles. The Bertz CT molecular complexity index is 593. The average Bonchev–Trinajstić information content (AvgIpc) is 3.07. The predicted molar refractivity (Wildman–Crippen MR) is 75.9 cm³/mol. The summed E-state index contributed by atoms with van der Waals surface area (Å²) in [5, 5.41) is 4.24. The van der Waals surface area contributed by atoms with E-state index in [4.69, 9.17) is 10.5 Å². The van der Waals surface area contributed by atoms with Crippen LogP contribution in [0.2, 0.25) is 0 Å². The number of benzene rings is 1. The molecule has 0 spiro atoms. The topological polar surface area (TPSA) is 66.0 Å². The molecule has 5 nitrogen and oxygen atoms in total. The van der Waals surface area contributed by atoms with Gasteiger partial charge in [0.15, 0.2) is 0 Å². The van der Waals surface area contributed by atoms with Gasteiger partial charge >= 0.3 is 0 Å². The van der Waals surface area contributed by atoms with Crippen LogP contribution in [0, 0.1) is 0 Å². The second-order valence-corrected chi connectivity index (χ2v) is 5.23. The smallest absolute Gasteiger partial charge is 0.138 e. The number of rotatable bonds is 5. The molecule has 0 saturated heterocycles. The summed E-state index contributed by atoms with van der Waals surface area (Å²) in [6.07, 6.45) is 3.36. The minimum atomic E-state index is -0.0549. The van der Waals surface area contributed by atoms with Crippen LogP contribution in [-0.4, -0.2) is 14.8 Å². The molecular formula is C15H20N4O. The highest BCUT2D eigenvalue weighted by molar-refractivity contribution is 5.34. The fourth-order valence-electron chi connectivity index (χ4n) is 2.58. The molecule has 106 valence electrons. The van der Waals surface area contributed by atoms with E-state index in [2.05, 4.69) is 35.2 Å². The molecule has 20 heavy (non-hydrogen) atoms. The summed E-state index contributed by atoms with van der Waals surface area (Å²) in [5.41, 5.74) is 9.99. The molecule has 0 amide bonds. The van der Waals surface area contributed by atoms with Crippen molar-refractivity contribution in [3.05, 3.63) is 47.0 Å². The zero-order valence-corrected chi connectivity index (χ0v) is 11.7. The molecule has 2 aromatic rings. The van der Waals surface area contributed by atoms with Crippen molar-refractivity contribution >= 4 is 0 Å². The molecule has 1 aromatic carbocycles. The van der Waals surface area contributed by atoms with Crippen LogP contribution in [0.4, 0.5) is 0 Å². The summed E-state index contributed by atoms with van der Waals surface area (Å²) in [6, 6.07) is 6.32. The SMILES string of the molecule is CCCn1ncnc1CC(N)c1ccc2c(c1)COC2. The molecule has 1 aromatic heterocycles. The van der Waals surface area contributed by atoms with Gasteiger partial charge in [0.2, 0.25) is 0 Å². The lowest BCUT2D eigenvalue weighted by Crippen LogP contribution is -2.17. The highest BCUT2D eigenvalue weighted by atomic mass is 16.5. The zero-order chi connectivity index (χ0) is 13.9. The molecule has 0 radical (unpaired) electrons. The summed E-state index contributed by atoms with van der Waals surface area (Å²) in [7, 11) is 0. The van der Waals surface area contributed by atoms with Crippen molar-refractivity contribution in [3.8, 4) is 0 Å². The van der Waals surface area contributed by atoms with Crippen molar-refractivity contribution in [2.24, 2.45) is 5.73 Å². The first-order valence-corrected chi connectivity index (χ1v) is 7.09. The average molecular weight is 272 g/mol. The zero-order valence-electron chi connectivity index (χ0n) is 11.7. The number of aromatic nitrogens is 3. The third-order valence-corrected chi connectivity index (χ3v) is 3.71. The van der Waals surface area contributed by atoms with Gasteiger partial charge in [-0.2, -0.15) is 5.10 Å². The van der Waals surface area contributed by atoms with Crippen molar-refractivity contribution in [2.75, 3.05) is 0 Å². The van der Waals surface area contributed by atoms with Gasteiger partial charge in [-0.3, -0.25) is 4.68 Å². The van der Waals surface area contributed by atoms with E-state index in [0.717, 1.165) is 31.0 Å². The standard InChI is InChI=1S/C15H20N4O/c1-2-5-19-15(17-10-18-19)7-14(16)11-3-4-12-8-20-9-13(12)6-11/h3-4,6,10,14H,2,5,7-9,16H2,1H3. The van der Waals surface area contributed by atoms with Gasteiger partial charge in [-0.05, 0) is 23.1 Å². The van der Waals surface area contributed by atoms with E-state index in [-0.39, 0.29) is 6.04 Å². The molecule has 3 rings (SSSR count). The van der Waals surface area contributed by atoms with Crippen molar-refractivity contribution in [1.29, 1.82) is 0 Å². The van der Waals surface area contributed by atoms with Crippen LogP contribution in [0.3, 0.4) is 0 Å². The highest BCUT2D eigenvalue weighted by Crippen LogP contribution is 2.24. The van der Waals surface area contributed by atoms with E-state index < -0.39 is 0 Å². The molecule has 0 fully saturated rings. The Labute approximate surface area is 118 Å². The van der Waals surface area contributed by atoms with Gasteiger partial charge in [-0.25, -0.2) is 4.98 Å². The van der Waals surface area contributed by atoms with Gasteiger partial charge in [0, 0.05) is 19.0 Å². The maximum absolute atomic E-state index is 6.32. The van der Waals surface area contributed by atoms with Crippen LogP contribution < -0.4 is 5.73 Å². The van der Waals surface area contributed by atoms with Gasteiger partial charge in [0.05, 0.1) is 13.2 Å². The Morgan fingerprint density at radius 3 is 3.05 bits per heavy atom. The van der Waals surface area contributed by atoms with E-state index in [9.17, 15) is 0 Å². The van der Waals surface area contributed by atoms with Crippen LogP contribution in [0.15, 0.2) is 24.5 Å². The van der Waals surface area contributed by atoms with Crippen LogP contribution in [0.1, 0.15) is 41.9 Å². The monoisotopic (exact) mass is 272 g/mol. The molecule has 0 aliphatic carbocycles. The molecule has 1 aliphatic heterocycles. The van der Waals surface area contributed by atoms with Crippen LogP contribution >= 0.6 is 0 Å². The lowest BCUT2D eigenvalue weighted by Gasteiger charge is -2.13. The third-order valence-electron chi connectivity index (χ3n) is 3.71. The van der Waals surface area contributed by atoms with Crippen molar-refractivity contribution < 1.29 is 4.74 Å². The van der Waals surface area contributed by atoms with E-state index in [1.165, 1.54) is 11.1 Å². The van der Waals surface area contributed by atoms with Gasteiger partial charge in [-0.15, -0.1) is 0 Å². The number of aryl methyl sites for hydroxylation is 1. The molecule has 1 aliphatic rings. The van der Waals surface area contributed by atoms with E-state index >= 15 is 0 Å². The first kappa shape index (κ1) is 13.3. The Kier molecular flexibility index (Phi) is 3.80. The summed E-state index contributed by atoms with van der Waals surface area (Å²) >= 11 is 0. The van der Waals surface area contributed by atoms with Crippen LogP contribution in [-0.2, 0) is 30.9 Å². The van der Waals surface area contributed by atoms with Crippen LogP contribution in [0.5, 0.6) is 0 Å². The molecule has 5 heteroatoms. The van der Waals surface area contributed by atoms with E-state index in [1.807, 2.05) is 4.68 Å². The summed E-state index contributed by atoms with van der Waals surface area (Å²) in [6.45, 7) is 4.43. The van der Waals surface area contributed by atoms with Gasteiger partial charge < -0.3 is 10.5 Å². The van der Waals surface area contributed by atoms with Gasteiger partial charge in [0.25, 0.3) is 0 Å². The van der Waals surface area contributed by atoms with E-state index in [0.29, 0.717) is 13.0 Å². The molecule has 1 unspecified atom stereocenters. The van der Waals surface area contributed by atoms with Gasteiger partial charge in [0.1, 0.15) is 12.2 Å². The molecule has 2 heterocycles. The minimum absolute atomic E-state index is 0.0549. The first-order chi connectivity index (χ1) is 9.78. The number of nitrogens with two attached hydrogens (primary N) is 1. The third kappa shape index (κ3) is 2.59. The Morgan fingerprint density at radius 2 is 2.20 bits per heavy atom. The van der Waals surface area contributed by atoms with Crippen molar-refractivity contribution in [2.45, 2.75) is 45.6 Å². The number of nitrogens with zero attached hydrogens (tertiary/aromatic N) is 3. The number of ether oxygens (including phenoxy) is 1. The Morgan fingerprint density at radius 1 is 1.35 bits per heavy atom. The minimum Gasteiger partial charge on any atom is -0.372 e. The number of fused-ring (bicyclic) bond motifs is 1. The molecule has 2 N–H and O–H groups in total. The fourth-order valence-corrected chi connectivity index (χ4v) is 2.58. The molecule has 1 atom stereocenters. The van der Waals surface area contributed by atoms with Crippen LogP contribution in [0.25, 0.3) is 0 Å². The molecular weight excluding hydrogens is 252 g/mol. The fraction of sp³-hybridized carbons (Fsp3) is 0.467. The van der Waals surface area contributed by atoms with Crippen molar-refractivity contribution in [3.63, 3.8) is 0 Å². The first-order valence-electron chi connectivity index (χ1n) is 7.09. The predicted octanol–water partition coefficient (Wildman–Crippen LogP) is 1.96. The Hall–Kier alpha value is -1.72. The summed E-state index contributed by atoms with van der Waals surface area (Å²) in [5.74, 6) is 0.955. The number of hydrogen-bond acceptors (Lipinski definition) is 4. The second kappa shape index (κ2) is 5.73. The maximum atomic E-state index is 6.32.